The molecule has 0 aromatic heterocycles. The van der Waals surface area contributed by atoms with Gasteiger partial charge >= 0.3 is 0 Å². The van der Waals surface area contributed by atoms with Gasteiger partial charge in [0.05, 0.1) is 27.7 Å². The zero-order valence-electron chi connectivity index (χ0n) is 9.26. The maximum atomic E-state index is 10.8. The first-order valence-electron chi connectivity index (χ1n) is 4.82. The summed E-state index contributed by atoms with van der Waals surface area (Å²) in [4.78, 5) is 30.0. The molecule has 0 amide bonds. The number of hydrogen-bond donors (Lipinski definition) is 0. The van der Waals surface area contributed by atoms with Crippen molar-refractivity contribution in [2.75, 3.05) is 6.54 Å². The summed E-state index contributed by atoms with van der Waals surface area (Å²) in [5.41, 5.74) is -0.766. The van der Waals surface area contributed by atoms with Gasteiger partial charge in [0.25, 0.3) is 11.4 Å². The van der Waals surface area contributed by atoms with E-state index in [1.165, 1.54) is 6.07 Å². The first-order valence-corrected chi connectivity index (χ1v) is 5.16. The Bertz CT molecular complexity index is 536. The second-order valence-corrected chi connectivity index (χ2v) is 3.77. The Labute approximate surface area is 110 Å². The molecule has 0 N–H and O–H groups in total. The van der Waals surface area contributed by atoms with Gasteiger partial charge in [0.15, 0.2) is 5.03 Å². The number of benzene rings is 1. The van der Waals surface area contributed by atoms with Crippen LogP contribution in [0.3, 0.4) is 0 Å². The lowest BCUT2D eigenvalue weighted by molar-refractivity contribution is -0.621. The van der Waals surface area contributed by atoms with Gasteiger partial charge in [-0.1, -0.05) is 0 Å². The number of hydrazine groups is 1. The SMILES string of the molecule is O=[N+]([O-])c1ccc(CCN(Cl)[N+](=O)[O-])c([N+](=O)[O-])c1. The van der Waals surface area contributed by atoms with Crippen LogP contribution in [0.2, 0.25) is 0 Å². The number of hydrogen-bond acceptors (Lipinski definition) is 6. The highest BCUT2D eigenvalue weighted by atomic mass is 35.5. The quantitative estimate of drug-likeness (QED) is 0.442. The lowest BCUT2D eigenvalue weighted by Gasteiger charge is -2.05. The smallest absolute Gasteiger partial charge is 0.258 e. The van der Waals surface area contributed by atoms with Crippen LogP contribution in [0.25, 0.3) is 0 Å². The van der Waals surface area contributed by atoms with Gasteiger partial charge in [-0.15, -0.1) is 0 Å². The second-order valence-electron chi connectivity index (χ2n) is 3.38. The van der Waals surface area contributed by atoms with E-state index in [4.69, 9.17) is 11.8 Å². The van der Waals surface area contributed by atoms with E-state index >= 15 is 0 Å². The van der Waals surface area contributed by atoms with Crippen LogP contribution in [0.15, 0.2) is 18.2 Å². The Morgan fingerprint density at radius 3 is 2.21 bits per heavy atom. The fraction of sp³-hybridized carbons (Fsp3) is 0.250. The third-order valence-electron chi connectivity index (χ3n) is 2.22. The topological polar surface area (TPSA) is 133 Å². The van der Waals surface area contributed by atoms with Crippen molar-refractivity contribution in [3.8, 4) is 0 Å². The molecule has 0 heterocycles. The van der Waals surface area contributed by atoms with Crippen molar-refractivity contribution in [1.29, 1.82) is 0 Å². The third-order valence-corrected chi connectivity index (χ3v) is 2.51. The monoisotopic (exact) mass is 290 g/mol. The van der Waals surface area contributed by atoms with E-state index < -0.39 is 26.3 Å². The summed E-state index contributed by atoms with van der Waals surface area (Å²) < 4.78 is 0.255. The minimum atomic E-state index is -0.876. The minimum Gasteiger partial charge on any atom is -0.258 e. The van der Waals surface area contributed by atoms with E-state index in [9.17, 15) is 30.3 Å². The van der Waals surface area contributed by atoms with Crippen molar-refractivity contribution in [3.05, 3.63) is 54.1 Å². The zero-order valence-corrected chi connectivity index (χ0v) is 10.0. The van der Waals surface area contributed by atoms with Crippen LogP contribution in [0.4, 0.5) is 11.4 Å². The molecule has 19 heavy (non-hydrogen) atoms. The molecular weight excluding hydrogens is 284 g/mol. The van der Waals surface area contributed by atoms with E-state index in [2.05, 4.69) is 0 Å². The lowest BCUT2D eigenvalue weighted by Crippen LogP contribution is -2.22. The van der Waals surface area contributed by atoms with E-state index in [1.54, 1.807) is 0 Å². The molecule has 0 aliphatic heterocycles. The molecule has 10 nitrogen and oxygen atoms in total. The summed E-state index contributed by atoms with van der Waals surface area (Å²) in [6.45, 7) is -0.271. The van der Waals surface area contributed by atoms with Crippen LogP contribution in [-0.2, 0) is 6.42 Å². The Kier molecular flexibility index (Phi) is 4.53. The highest BCUT2D eigenvalue weighted by molar-refractivity contribution is 6.12. The van der Waals surface area contributed by atoms with Crippen molar-refractivity contribution in [3.63, 3.8) is 0 Å². The molecule has 0 fully saturated rings. The number of nitro benzene ring substituents is 2. The lowest BCUT2D eigenvalue weighted by atomic mass is 10.1. The van der Waals surface area contributed by atoms with Crippen LogP contribution in [-0.4, -0.2) is 26.0 Å². The van der Waals surface area contributed by atoms with Gasteiger partial charge in [-0.25, -0.2) is 10.1 Å². The van der Waals surface area contributed by atoms with Crippen LogP contribution in [0.1, 0.15) is 5.56 Å². The number of rotatable bonds is 6. The Balaban J connectivity index is 2.97. The summed E-state index contributed by atoms with van der Waals surface area (Å²) in [6, 6.07) is 3.08. The summed E-state index contributed by atoms with van der Waals surface area (Å²) in [6.07, 6.45) is -0.0845. The molecule has 0 aliphatic carbocycles. The maximum Gasteiger partial charge on any atom is 0.279 e. The normalized spacial score (nSPS) is 9.95. The zero-order chi connectivity index (χ0) is 14.6. The second kappa shape index (κ2) is 5.91. The van der Waals surface area contributed by atoms with Crippen molar-refractivity contribution in [2.24, 2.45) is 0 Å². The number of nitro groups is 3. The molecule has 0 saturated carbocycles. The standard InChI is InChI=1S/C8H7ClN4O6/c9-10(13(18)19)4-3-6-1-2-7(11(14)15)5-8(6)12(16)17/h1-2,5H,3-4H2. The highest BCUT2D eigenvalue weighted by Crippen LogP contribution is 2.25. The molecule has 0 radical (unpaired) electrons. The molecule has 0 saturated heterocycles. The van der Waals surface area contributed by atoms with Gasteiger partial charge in [-0.2, -0.15) is 0 Å². The Hall–Kier alpha value is -2.49. The third kappa shape index (κ3) is 3.74. The molecular formula is C8H7ClN4O6. The van der Waals surface area contributed by atoms with Crippen molar-refractivity contribution >= 4 is 23.2 Å². The number of non-ortho nitro benzene ring substituents is 1. The average Bonchev–Trinajstić information content (AvgIpc) is 2.35. The van der Waals surface area contributed by atoms with Gasteiger partial charge in [0, 0.05) is 18.1 Å². The largest absolute Gasteiger partial charge is 0.279 e. The highest BCUT2D eigenvalue weighted by Gasteiger charge is 2.21. The van der Waals surface area contributed by atoms with Gasteiger partial charge in [0.1, 0.15) is 6.54 Å². The van der Waals surface area contributed by atoms with E-state index in [0.29, 0.717) is 0 Å². The minimum absolute atomic E-state index is 0.0845. The molecule has 11 heteroatoms. The molecule has 0 unspecified atom stereocenters. The molecule has 0 bridgehead atoms. The van der Waals surface area contributed by atoms with Gasteiger partial charge in [-0.3, -0.25) is 20.2 Å². The molecule has 1 aromatic carbocycles. The van der Waals surface area contributed by atoms with Crippen LogP contribution in [0, 0.1) is 30.3 Å². The molecule has 102 valence electrons. The number of nitrogens with zero attached hydrogens (tertiary/aromatic N) is 4. The summed E-state index contributed by atoms with van der Waals surface area (Å²) >= 11 is 5.24. The predicted octanol–water partition coefficient (Wildman–Crippen LogP) is 1.69. The van der Waals surface area contributed by atoms with E-state index in [1.807, 2.05) is 0 Å². The maximum absolute atomic E-state index is 10.8. The van der Waals surface area contributed by atoms with Crippen LogP contribution in [0.5, 0.6) is 0 Å². The average molecular weight is 291 g/mol. The van der Waals surface area contributed by atoms with Crippen molar-refractivity contribution in [1.82, 2.24) is 4.53 Å². The summed E-state index contributed by atoms with van der Waals surface area (Å²) in [5, 5.41) is 30.7. The Morgan fingerprint density at radius 2 is 1.74 bits per heavy atom. The first kappa shape index (κ1) is 14.6. The van der Waals surface area contributed by atoms with Crippen LogP contribution >= 0.6 is 11.8 Å². The first-order chi connectivity index (χ1) is 8.82. The summed E-state index contributed by atoms with van der Waals surface area (Å²) in [7, 11) is 0. The van der Waals surface area contributed by atoms with Crippen LogP contribution < -0.4 is 0 Å². The number of halogens is 1. The molecule has 0 aliphatic rings. The fourth-order valence-corrected chi connectivity index (χ4v) is 1.43. The van der Waals surface area contributed by atoms with E-state index in [-0.39, 0.29) is 23.1 Å². The van der Waals surface area contributed by atoms with Gasteiger partial charge in [0.2, 0.25) is 0 Å². The Morgan fingerprint density at radius 1 is 1.11 bits per heavy atom. The van der Waals surface area contributed by atoms with Gasteiger partial charge < -0.3 is 0 Å². The molecule has 0 spiro atoms. The molecule has 1 rings (SSSR count). The van der Waals surface area contributed by atoms with E-state index in [0.717, 1.165) is 12.1 Å². The molecule has 0 atom stereocenters. The van der Waals surface area contributed by atoms with Crippen molar-refractivity contribution < 1.29 is 14.9 Å². The van der Waals surface area contributed by atoms with Crippen molar-refractivity contribution in [2.45, 2.75) is 6.42 Å². The summed E-state index contributed by atoms with van der Waals surface area (Å²) in [5.74, 6) is 0. The predicted molar refractivity (Wildman–Crippen MR) is 63.0 cm³/mol. The molecule has 1 aromatic rings. The fourth-order valence-electron chi connectivity index (χ4n) is 1.34. The van der Waals surface area contributed by atoms with Gasteiger partial charge in [-0.05, 0) is 10.6 Å².